The number of aryl methyl sites for hydroxylation is 2. The average molecular weight is 246 g/mol. The number of ether oxygens (including phenoxy) is 1. The predicted molar refractivity (Wildman–Crippen MR) is 70.8 cm³/mol. The Bertz CT molecular complexity index is 557. The molecule has 1 aliphatic heterocycles. The first-order valence-corrected chi connectivity index (χ1v) is 6.42. The number of anilines is 1. The molecule has 5 nitrogen and oxygen atoms in total. The predicted octanol–water partition coefficient (Wildman–Crippen LogP) is 2.17. The van der Waals surface area contributed by atoms with E-state index in [1.165, 1.54) is 0 Å². The SMILES string of the molecule is Cc1nc(NCC2CCCO2)c2cc(C)[nH]c2n1. The lowest BCUT2D eigenvalue weighted by Gasteiger charge is -2.12. The number of H-pyrrole nitrogens is 1. The number of rotatable bonds is 3. The van der Waals surface area contributed by atoms with Crippen LogP contribution in [0.2, 0.25) is 0 Å². The average Bonchev–Trinajstić information content (AvgIpc) is 2.93. The summed E-state index contributed by atoms with van der Waals surface area (Å²) in [5, 5.41) is 4.44. The van der Waals surface area contributed by atoms with Crippen molar-refractivity contribution in [3.63, 3.8) is 0 Å². The molecule has 0 aliphatic carbocycles. The second-order valence-corrected chi connectivity index (χ2v) is 4.85. The first-order valence-electron chi connectivity index (χ1n) is 6.42. The molecule has 1 atom stereocenters. The van der Waals surface area contributed by atoms with Crippen LogP contribution in [0.1, 0.15) is 24.4 Å². The summed E-state index contributed by atoms with van der Waals surface area (Å²) in [6, 6.07) is 2.08. The Morgan fingerprint density at radius 3 is 3.11 bits per heavy atom. The Hall–Kier alpha value is -1.62. The van der Waals surface area contributed by atoms with Crippen LogP contribution in [0.25, 0.3) is 11.0 Å². The van der Waals surface area contributed by atoms with E-state index < -0.39 is 0 Å². The van der Waals surface area contributed by atoms with Crippen molar-refractivity contribution in [2.45, 2.75) is 32.8 Å². The van der Waals surface area contributed by atoms with E-state index in [9.17, 15) is 0 Å². The normalized spacial score (nSPS) is 19.6. The monoisotopic (exact) mass is 246 g/mol. The summed E-state index contributed by atoms with van der Waals surface area (Å²) in [7, 11) is 0. The molecule has 0 aromatic carbocycles. The van der Waals surface area contributed by atoms with Gasteiger partial charge in [-0.05, 0) is 32.8 Å². The summed E-state index contributed by atoms with van der Waals surface area (Å²) in [6.07, 6.45) is 2.61. The number of nitrogens with zero attached hydrogens (tertiary/aromatic N) is 2. The highest BCUT2D eigenvalue weighted by Crippen LogP contribution is 2.22. The number of aromatic nitrogens is 3. The summed E-state index contributed by atoms with van der Waals surface area (Å²) < 4.78 is 5.61. The minimum atomic E-state index is 0.315. The van der Waals surface area contributed by atoms with Crippen molar-refractivity contribution in [1.82, 2.24) is 15.0 Å². The molecule has 0 saturated carbocycles. The van der Waals surface area contributed by atoms with Crippen molar-refractivity contribution in [2.24, 2.45) is 0 Å². The van der Waals surface area contributed by atoms with E-state index in [-0.39, 0.29) is 0 Å². The third kappa shape index (κ3) is 2.18. The van der Waals surface area contributed by atoms with Gasteiger partial charge in [-0.1, -0.05) is 0 Å². The molecule has 0 amide bonds. The van der Waals surface area contributed by atoms with Crippen LogP contribution in [0.3, 0.4) is 0 Å². The van der Waals surface area contributed by atoms with Crippen LogP contribution in [0, 0.1) is 13.8 Å². The van der Waals surface area contributed by atoms with Crippen LogP contribution in [-0.2, 0) is 4.74 Å². The fraction of sp³-hybridized carbons (Fsp3) is 0.538. The molecule has 1 fully saturated rings. The van der Waals surface area contributed by atoms with Gasteiger partial charge in [0.2, 0.25) is 0 Å². The van der Waals surface area contributed by atoms with Gasteiger partial charge < -0.3 is 15.0 Å². The van der Waals surface area contributed by atoms with Crippen molar-refractivity contribution in [3.05, 3.63) is 17.6 Å². The Morgan fingerprint density at radius 2 is 2.33 bits per heavy atom. The van der Waals surface area contributed by atoms with E-state index in [0.717, 1.165) is 54.4 Å². The van der Waals surface area contributed by atoms with Crippen LogP contribution in [0.15, 0.2) is 6.07 Å². The zero-order chi connectivity index (χ0) is 12.5. The number of nitrogens with one attached hydrogen (secondary N) is 2. The topological polar surface area (TPSA) is 62.8 Å². The maximum Gasteiger partial charge on any atom is 0.143 e. The first-order chi connectivity index (χ1) is 8.72. The molecule has 18 heavy (non-hydrogen) atoms. The van der Waals surface area contributed by atoms with Crippen LogP contribution in [0.5, 0.6) is 0 Å². The molecule has 0 bridgehead atoms. The largest absolute Gasteiger partial charge is 0.376 e. The molecule has 2 aromatic rings. The highest BCUT2D eigenvalue weighted by atomic mass is 16.5. The molecular formula is C13H18N4O. The molecule has 0 radical (unpaired) electrons. The van der Waals surface area contributed by atoms with Crippen molar-refractivity contribution < 1.29 is 4.74 Å². The lowest BCUT2D eigenvalue weighted by molar-refractivity contribution is 0.120. The van der Waals surface area contributed by atoms with Crippen LogP contribution >= 0.6 is 0 Å². The maximum absolute atomic E-state index is 5.61. The minimum absolute atomic E-state index is 0.315. The summed E-state index contributed by atoms with van der Waals surface area (Å²) in [6.45, 7) is 5.64. The standard InChI is InChI=1S/C13H18N4O/c1-8-6-11-12(14-7-10-4-3-5-18-10)16-9(2)17-13(11)15-8/h6,10H,3-5,7H2,1-2H3,(H2,14,15,16,17). The van der Waals surface area contributed by atoms with E-state index in [0.29, 0.717) is 6.10 Å². The van der Waals surface area contributed by atoms with Gasteiger partial charge in [-0.2, -0.15) is 0 Å². The smallest absolute Gasteiger partial charge is 0.143 e. The second kappa shape index (κ2) is 4.57. The molecule has 1 unspecified atom stereocenters. The molecule has 2 aromatic heterocycles. The summed E-state index contributed by atoms with van der Waals surface area (Å²) in [5.74, 6) is 1.68. The lowest BCUT2D eigenvalue weighted by Crippen LogP contribution is -2.19. The zero-order valence-electron chi connectivity index (χ0n) is 10.8. The van der Waals surface area contributed by atoms with E-state index in [1.54, 1.807) is 0 Å². The molecule has 5 heteroatoms. The Balaban J connectivity index is 1.85. The lowest BCUT2D eigenvalue weighted by atomic mass is 10.2. The fourth-order valence-electron chi connectivity index (χ4n) is 2.40. The summed E-state index contributed by atoms with van der Waals surface area (Å²) in [5.41, 5.74) is 2.00. The zero-order valence-corrected chi connectivity index (χ0v) is 10.8. The second-order valence-electron chi connectivity index (χ2n) is 4.85. The molecule has 3 rings (SSSR count). The third-order valence-electron chi connectivity index (χ3n) is 3.26. The van der Waals surface area contributed by atoms with Gasteiger partial charge in [0.1, 0.15) is 17.3 Å². The molecule has 1 saturated heterocycles. The van der Waals surface area contributed by atoms with E-state index in [4.69, 9.17) is 4.74 Å². The summed E-state index contributed by atoms with van der Waals surface area (Å²) in [4.78, 5) is 12.1. The quantitative estimate of drug-likeness (QED) is 0.871. The number of hydrogen-bond acceptors (Lipinski definition) is 4. The van der Waals surface area contributed by atoms with Gasteiger partial charge in [-0.15, -0.1) is 0 Å². The van der Waals surface area contributed by atoms with Gasteiger partial charge in [-0.3, -0.25) is 0 Å². The van der Waals surface area contributed by atoms with Crippen molar-refractivity contribution >= 4 is 16.9 Å². The van der Waals surface area contributed by atoms with Gasteiger partial charge in [-0.25, -0.2) is 9.97 Å². The fourth-order valence-corrected chi connectivity index (χ4v) is 2.40. The van der Waals surface area contributed by atoms with E-state index in [1.807, 2.05) is 13.8 Å². The number of fused-ring (bicyclic) bond motifs is 1. The highest BCUT2D eigenvalue weighted by Gasteiger charge is 2.16. The highest BCUT2D eigenvalue weighted by molar-refractivity contribution is 5.87. The Kier molecular flexibility index (Phi) is 2.91. The van der Waals surface area contributed by atoms with Crippen molar-refractivity contribution in [2.75, 3.05) is 18.5 Å². The number of aromatic amines is 1. The van der Waals surface area contributed by atoms with Crippen LogP contribution in [0.4, 0.5) is 5.82 Å². The molecule has 2 N–H and O–H groups in total. The van der Waals surface area contributed by atoms with Crippen molar-refractivity contribution in [3.8, 4) is 0 Å². The van der Waals surface area contributed by atoms with Gasteiger partial charge in [0.05, 0.1) is 11.5 Å². The number of hydrogen-bond donors (Lipinski definition) is 2. The van der Waals surface area contributed by atoms with Crippen LogP contribution in [-0.4, -0.2) is 34.2 Å². The molecule has 96 valence electrons. The molecular weight excluding hydrogens is 228 g/mol. The van der Waals surface area contributed by atoms with Crippen LogP contribution < -0.4 is 5.32 Å². The maximum atomic E-state index is 5.61. The minimum Gasteiger partial charge on any atom is -0.376 e. The molecule has 3 heterocycles. The van der Waals surface area contributed by atoms with E-state index >= 15 is 0 Å². The summed E-state index contributed by atoms with van der Waals surface area (Å²) >= 11 is 0. The van der Waals surface area contributed by atoms with Gasteiger partial charge in [0, 0.05) is 18.8 Å². The van der Waals surface area contributed by atoms with Gasteiger partial charge in [0.25, 0.3) is 0 Å². The Labute approximate surface area is 106 Å². The molecule has 1 aliphatic rings. The first kappa shape index (κ1) is 11.5. The Morgan fingerprint density at radius 1 is 1.44 bits per heavy atom. The van der Waals surface area contributed by atoms with Gasteiger partial charge >= 0.3 is 0 Å². The van der Waals surface area contributed by atoms with Gasteiger partial charge in [0.15, 0.2) is 0 Å². The van der Waals surface area contributed by atoms with Crippen molar-refractivity contribution in [1.29, 1.82) is 0 Å². The van der Waals surface area contributed by atoms with E-state index in [2.05, 4.69) is 26.3 Å². The third-order valence-corrected chi connectivity index (χ3v) is 3.26. The molecule has 0 spiro atoms.